The molecular weight excluding hydrogens is 336 g/mol. The zero-order chi connectivity index (χ0) is 16.2. The highest BCUT2D eigenvalue weighted by Crippen LogP contribution is 2.21. The molecule has 0 atom stereocenters. The van der Waals surface area contributed by atoms with E-state index in [1.54, 1.807) is 11.0 Å². The van der Waals surface area contributed by atoms with E-state index in [4.69, 9.17) is 5.11 Å². The third-order valence-electron chi connectivity index (χ3n) is 3.06. The number of carboxylic acid groups (broad SMARTS) is 1. The van der Waals surface area contributed by atoms with Gasteiger partial charge in [0.15, 0.2) is 0 Å². The molecule has 1 aromatic rings. The summed E-state index contributed by atoms with van der Waals surface area (Å²) in [6.07, 6.45) is 1.84. The largest absolute Gasteiger partial charge is 0.481 e. The Morgan fingerprint density at radius 1 is 1.33 bits per heavy atom. The molecular formula is C15H23BrN2O3. The van der Waals surface area contributed by atoms with E-state index in [-0.39, 0.29) is 30.8 Å². The van der Waals surface area contributed by atoms with Gasteiger partial charge in [0.2, 0.25) is 0 Å². The van der Waals surface area contributed by atoms with Gasteiger partial charge in [-0.05, 0) is 41.8 Å². The molecule has 0 radical (unpaired) electrons. The molecule has 6 heteroatoms. The standard InChI is InChI=1S/C15H23BrN2O3/c1-10(2)8-17(6-5-14(19)20)15(21)13-7-12(16)9-18(13)11(3)4/h7,9-11H,5-6,8H2,1-4H3,(H,19,20). The molecule has 0 unspecified atom stereocenters. The molecule has 0 aromatic carbocycles. The number of amides is 1. The zero-order valence-electron chi connectivity index (χ0n) is 13.0. The summed E-state index contributed by atoms with van der Waals surface area (Å²) >= 11 is 3.40. The van der Waals surface area contributed by atoms with Gasteiger partial charge in [0, 0.05) is 29.8 Å². The highest BCUT2D eigenvalue weighted by Gasteiger charge is 2.22. The highest BCUT2D eigenvalue weighted by molar-refractivity contribution is 9.10. The first-order valence-electron chi connectivity index (χ1n) is 7.10. The highest BCUT2D eigenvalue weighted by atomic mass is 79.9. The molecule has 5 nitrogen and oxygen atoms in total. The summed E-state index contributed by atoms with van der Waals surface area (Å²) in [5.41, 5.74) is 0.586. The number of hydrogen-bond acceptors (Lipinski definition) is 2. The van der Waals surface area contributed by atoms with Crippen LogP contribution in [0.15, 0.2) is 16.7 Å². The van der Waals surface area contributed by atoms with Crippen LogP contribution in [0.3, 0.4) is 0 Å². The van der Waals surface area contributed by atoms with Gasteiger partial charge in [-0.25, -0.2) is 0 Å². The van der Waals surface area contributed by atoms with Gasteiger partial charge in [0.1, 0.15) is 5.69 Å². The molecule has 0 saturated carbocycles. The average Bonchev–Trinajstić information content (AvgIpc) is 2.75. The minimum atomic E-state index is -0.892. The van der Waals surface area contributed by atoms with Crippen molar-refractivity contribution in [2.45, 2.75) is 40.2 Å². The van der Waals surface area contributed by atoms with Crippen LogP contribution in [0.1, 0.15) is 50.6 Å². The Labute approximate surface area is 134 Å². The first kappa shape index (κ1) is 17.8. The van der Waals surface area contributed by atoms with Crippen LogP contribution in [-0.4, -0.2) is 39.5 Å². The molecule has 0 saturated heterocycles. The maximum Gasteiger partial charge on any atom is 0.305 e. The van der Waals surface area contributed by atoms with Gasteiger partial charge in [-0.1, -0.05) is 13.8 Å². The SMILES string of the molecule is CC(C)CN(CCC(=O)O)C(=O)c1cc(Br)cn1C(C)C. The van der Waals surface area contributed by atoms with Crippen molar-refractivity contribution in [2.75, 3.05) is 13.1 Å². The maximum atomic E-state index is 12.7. The van der Waals surface area contributed by atoms with E-state index in [9.17, 15) is 9.59 Å². The van der Waals surface area contributed by atoms with Crippen molar-refractivity contribution in [2.24, 2.45) is 5.92 Å². The lowest BCUT2D eigenvalue weighted by molar-refractivity contribution is -0.137. The Kier molecular flexibility index (Phi) is 6.45. The molecule has 0 bridgehead atoms. The zero-order valence-corrected chi connectivity index (χ0v) is 14.6. The Hall–Kier alpha value is -1.30. The van der Waals surface area contributed by atoms with E-state index in [0.29, 0.717) is 12.2 Å². The lowest BCUT2D eigenvalue weighted by Crippen LogP contribution is -2.37. The lowest BCUT2D eigenvalue weighted by atomic mass is 10.2. The van der Waals surface area contributed by atoms with Gasteiger partial charge in [0.25, 0.3) is 5.91 Å². The summed E-state index contributed by atoms with van der Waals surface area (Å²) in [7, 11) is 0. The predicted molar refractivity (Wildman–Crippen MR) is 85.5 cm³/mol. The van der Waals surface area contributed by atoms with Gasteiger partial charge < -0.3 is 14.6 Å². The topological polar surface area (TPSA) is 62.5 Å². The fourth-order valence-corrected chi connectivity index (χ4v) is 2.59. The first-order chi connectivity index (χ1) is 9.72. The smallest absolute Gasteiger partial charge is 0.305 e. The van der Waals surface area contributed by atoms with Crippen molar-refractivity contribution in [1.29, 1.82) is 0 Å². The fraction of sp³-hybridized carbons (Fsp3) is 0.600. The minimum absolute atomic E-state index is 0.0397. The third-order valence-corrected chi connectivity index (χ3v) is 3.49. The maximum absolute atomic E-state index is 12.7. The molecule has 0 aliphatic carbocycles. The molecule has 1 amide bonds. The number of aliphatic carboxylic acids is 1. The summed E-state index contributed by atoms with van der Waals surface area (Å²) in [6.45, 7) is 8.82. The van der Waals surface area contributed by atoms with E-state index < -0.39 is 5.97 Å². The van der Waals surface area contributed by atoms with Crippen LogP contribution in [-0.2, 0) is 4.79 Å². The number of halogens is 1. The number of carbonyl (C=O) groups excluding carboxylic acids is 1. The van der Waals surface area contributed by atoms with Crippen LogP contribution >= 0.6 is 15.9 Å². The molecule has 0 fully saturated rings. The van der Waals surface area contributed by atoms with Gasteiger partial charge in [-0.3, -0.25) is 9.59 Å². The second-order valence-electron chi connectivity index (χ2n) is 5.83. The van der Waals surface area contributed by atoms with Crippen LogP contribution in [0.5, 0.6) is 0 Å². The van der Waals surface area contributed by atoms with Crippen LogP contribution in [0, 0.1) is 5.92 Å². The normalized spacial score (nSPS) is 11.2. The van der Waals surface area contributed by atoms with Crippen molar-refractivity contribution in [3.8, 4) is 0 Å². The number of carboxylic acids is 1. The Morgan fingerprint density at radius 2 is 1.95 bits per heavy atom. The number of carbonyl (C=O) groups is 2. The molecule has 21 heavy (non-hydrogen) atoms. The molecule has 0 spiro atoms. The van der Waals surface area contributed by atoms with Crippen LogP contribution in [0.25, 0.3) is 0 Å². The van der Waals surface area contributed by atoms with Gasteiger partial charge >= 0.3 is 5.97 Å². The number of aromatic nitrogens is 1. The van der Waals surface area contributed by atoms with Crippen LogP contribution in [0.4, 0.5) is 0 Å². The molecule has 1 rings (SSSR count). The summed E-state index contributed by atoms with van der Waals surface area (Å²) < 4.78 is 2.75. The molecule has 0 aliphatic heterocycles. The summed E-state index contributed by atoms with van der Waals surface area (Å²) in [5, 5.41) is 8.85. The number of nitrogens with zero attached hydrogens (tertiary/aromatic N) is 2. The average molecular weight is 359 g/mol. The fourth-order valence-electron chi connectivity index (χ4n) is 2.15. The molecule has 0 aliphatic rings. The van der Waals surface area contributed by atoms with E-state index in [0.717, 1.165) is 4.47 Å². The lowest BCUT2D eigenvalue weighted by Gasteiger charge is -2.25. The third kappa shape index (κ3) is 5.19. The summed E-state index contributed by atoms with van der Waals surface area (Å²) in [5.74, 6) is -0.727. The minimum Gasteiger partial charge on any atom is -0.481 e. The van der Waals surface area contributed by atoms with Gasteiger partial charge in [-0.2, -0.15) is 0 Å². The van der Waals surface area contributed by atoms with Crippen molar-refractivity contribution in [3.63, 3.8) is 0 Å². The van der Waals surface area contributed by atoms with Gasteiger partial charge in [0.05, 0.1) is 6.42 Å². The van der Waals surface area contributed by atoms with E-state index in [1.165, 1.54) is 0 Å². The van der Waals surface area contributed by atoms with Crippen molar-refractivity contribution in [1.82, 2.24) is 9.47 Å². The van der Waals surface area contributed by atoms with E-state index >= 15 is 0 Å². The summed E-state index contributed by atoms with van der Waals surface area (Å²) in [6, 6.07) is 1.95. The van der Waals surface area contributed by atoms with Crippen LogP contribution < -0.4 is 0 Å². The van der Waals surface area contributed by atoms with Crippen molar-refractivity contribution in [3.05, 3.63) is 22.4 Å². The van der Waals surface area contributed by atoms with Gasteiger partial charge in [-0.15, -0.1) is 0 Å². The first-order valence-corrected chi connectivity index (χ1v) is 7.90. The monoisotopic (exact) mass is 358 g/mol. The van der Waals surface area contributed by atoms with Crippen molar-refractivity contribution >= 4 is 27.8 Å². The Bertz CT molecular complexity index is 509. The second-order valence-corrected chi connectivity index (χ2v) is 6.75. The molecule has 1 aromatic heterocycles. The Balaban J connectivity index is 3.01. The van der Waals surface area contributed by atoms with Crippen LogP contribution in [0.2, 0.25) is 0 Å². The summed E-state index contributed by atoms with van der Waals surface area (Å²) in [4.78, 5) is 25.1. The molecule has 1 N–H and O–H groups in total. The van der Waals surface area contributed by atoms with Crippen molar-refractivity contribution < 1.29 is 14.7 Å². The molecule has 1 heterocycles. The quantitative estimate of drug-likeness (QED) is 0.812. The Morgan fingerprint density at radius 3 is 2.43 bits per heavy atom. The second kappa shape index (κ2) is 7.64. The number of rotatable bonds is 7. The van der Waals surface area contributed by atoms with E-state index in [2.05, 4.69) is 15.9 Å². The van der Waals surface area contributed by atoms with E-state index in [1.807, 2.05) is 38.5 Å². The predicted octanol–water partition coefficient (Wildman–Crippen LogP) is 3.40. The number of hydrogen-bond donors (Lipinski definition) is 1. The molecule has 118 valence electrons.